The fraction of sp³-hybridized carbons (Fsp3) is 0.429. The van der Waals surface area contributed by atoms with Crippen molar-refractivity contribution in [3.8, 4) is 0 Å². The van der Waals surface area contributed by atoms with Crippen molar-refractivity contribution in [3.63, 3.8) is 0 Å². The van der Waals surface area contributed by atoms with E-state index in [9.17, 15) is 0 Å². The van der Waals surface area contributed by atoms with Gasteiger partial charge in [-0.3, -0.25) is 9.67 Å². The zero-order valence-electron chi connectivity index (χ0n) is 7.71. The number of aromatic amines is 1. The molecule has 2 aromatic heterocycles. The summed E-state index contributed by atoms with van der Waals surface area (Å²) in [6, 6.07) is 0. The van der Waals surface area contributed by atoms with Gasteiger partial charge in [-0.25, -0.2) is 0 Å². The van der Waals surface area contributed by atoms with Crippen LogP contribution in [0.2, 0.25) is 0 Å². The van der Waals surface area contributed by atoms with Crippen molar-refractivity contribution in [3.05, 3.63) is 23.3 Å². The summed E-state index contributed by atoms with van der Waals surface area (Å²) in [5.41, 5.74) is 0. The minimum Gasteiger partial charge on any atom is -0.316 e. The van der Waals surface area contributed by atoms with Gasteiger partial charge in [0.25, 0.3) is 0 Å². The first kappa shape index (κ1) is 9.07. The number of aryl methyl sites for hydroxylation is 1. The van der Waals surface area contributed by atoms with Crippen molar-refractivity contribution in [2.24, 2.45) is 0 Å². The lowest BCUT2D eigenvalue weighted by Gasteiger charge is -2.02. The highest BCUT2D eigenvalue weighted by atomic mass is 32.1. The van der Waals surface area contributed by atoms with Gasteiger partial charge in [0, 0.05) is 6.54 Å². The highest BCUT2D eigenvalue weighted by Crippen LogP contribution is 1.99. The van der Waals surface area contributed by atoms with Gasteiger partial charge in [-0.2, -0.15) is 5.10 Å². The van der Waals surface area contributed by atoms with E-state index in [4.69, 9.17) is 12.2 Å². The lowest BCUT2D eigenvalue weighted by Crippen LogP contribution is -2.06. The summed E-state index contributed by atoms with van der Waals surface area (Å²) in [4.78, 5) is 0. The Bertz CT molecular complexity index is 466. The molecule has 0 saturated carbocycles. The van der Waals surface area contributed by atoms with Gasteiger partial charge < -0.3 is 4.57 Å². The van der Waals surface area contributed by atoms with E-state index in [0.29, 0.717) is 11.3 Å². The van der Waals surface area contributed by atoms with Crippen LogP contribution in [0.15, 0.2) is 12.7 Å². The molecule has 2 heterocycles. The Morgan fingerprint density at radius 1 is 1.43 bits per heavy atom. The second kappa shape index (κ2) is 3.70. The second-order valence-corrected chi connectivity index (χ2v) is 3.21. The summed E-state index contributed by atoms with van der Waals surface area (Å²) in [5.74, 6) is 0.880. The van der Waals surface area contributed by atoms with Crippen molar-refractivity contribution in [2.75, 3.05) is 0 Å². The van der Waals surface area contributed by atoms with Crippen molar-refractivity contribution >= 4 is 12.2 Å². The van der Waals surface area contributed by atoms with Gasteiger partial charge in [0.15, 0.2) is 10.6 Å². The summed E-state index contributed by atoms with van der Waals surface area (Å²) >= 11 is 5.03. The molecular weight excluding hydrogens is 200 g/mol. The van der Waals surface area contributed by atoms with E-state index in [1.54, 1.807) is 12.7 Å². The third-order valence-corrected chi connectivity index (χ3v) is 2.29. The average Bonchev–Trinajstić information content (AvgIpc) is 2.77. The molecule has 14 heavy (non-hydrogen) atoms. The van der Waals surface area contributed by atoms with Gasteiger partial charge in [0.1, 0.15) is 12.7 Å². The minimum atomic E-state index is 0.593. The standard InChI is InChI=1S/C7H10N6S/c1-2-12-4-8-10-6(12)3-13-5-9-11-7(13)14/h4-5H,2-3H2,1H3,(H,11,14). The van der Waals surface area contributed by atoms with Crippen LogP contribution < -0.4 is 0 Å². The van der Waals surface area contributed by atoms with Crippen LogP contribution in [0.1, 0.15) is 12.7 Å². The molecular formula is C7H10N6S. The van der Waals surface area contributed by atoms with Gasteiger partial charge >= 0.3 is 0 Å². The average molecular weight is 210 g/mol. The molecule has 0 aliphatic carbocycles. The first-order valence-corrected chi connectivity index (χ1v) is 4.68. The van der Waals surface area contributed by atoms with Crippen LogP contribution in [-0.4, -0.2) is 29.5 Å². The molecule has 0 aliphatic rings. The maximum absolute atomic E-state index is 5.03. The molecule has 0 aromatic carbocycles. The van der Waals surface area contributed by atoms with Crippen LogP contribution in [0.5, 0.6) is 0 Å². The summed E-state index contributed by atoms with van der Waals surface area (Å²) < 4.78 is 4.37. The molecule has 6 nitrogen and oxygen atoms in total. The number of rotatable bonds is 3. The first-order chi connectivity index (χ1) is 6.81. The molecule has 1 N–H and O–H groups in total. The normalized spacial score (nSPS) is 10.6. The van der Waals surface area contributed by atoms with E-state index in [1.165, 1.54) is 0 Å². The molecule has 7 heteroatoms. The highest BCUT2D eigenvalue weighted by Gasteiger charge is 2.03. The van der Waals surface area contributed by atoms with Crippen molar-refractivity contribution in [1.29, 1.82) is 0 Å². The number of hydrogen-bond donors (Lipinski definition) is 1. The molecule has 2 rings (SSSR count). The Hall–Kier alpha value is -1.50. The zero-order chi connectivity index (χ0) is 9.97. The van der Waals surface area contributed by atoms with Crippen LogP contribution in [0.25, 0.3) is 0 Å². The molecule has 0 atom stereocenters. The largest absolute Gasteiger partial charge is 0.316 e. The Morgan fingerprint density at radius 3 is 2.93 bits per heavy atom. The third-order valence-electron chi connectivity index (χ3n) is 1.97. The van der Waals surface area contributed by atoms with Gasteiger partial charge in [-0.15, -0.1) is 10.2 Å². The number of nitrogens with zero attached hydrogens (tertiary/aromatic N) is 5. The zero-order valence-corrected chi connectivity index (χ0v) is 8.53. The smallest absolute Gasteiger partial charge is 0.195 e. The van der Waals surface area contributed by atoms with Crippen LogP contribution in [0.3, 0.4) is 0 Å². The van der Waals surface area contributed by atoms with E-state index >= 15 is 0 Å². The van der Waals surface area contributed by atoms with Crippen LogP contribution in [-0.2, 0) is 13.1 Å². The fourth-order valence-corrected chi connectivity index (χ4v) is 1.37. The molecule has 0 aliphatic heterocycles. The van der Waals surface area contributed by atoms with E-state index in [1.807, 2.05) is 16.1 Å². The Labute approximate surface area is 85.6 Å². The molecule has 0 saturated heterocycles. The van der Waals surface area contributed by atoms with Crippen LogP contribution in [0.4, 0.5) is 0 Å². The Kier molecular flexibility index (Phi) is 2.40. The van der Waals surface area contributed by atoms with Crippen molar-refractivity contribution < 1.29 is 0 Å². The first-order valence-electron chi connectivity index (χ1n) is 4.27. The minimum absolute atomic E-state index is 0.593. The summed E-state index contributed by atoms with van der Waals surface area (Å²) in [6.07, 6.45) is 3.36. The summed E-state index contributed by atoms with van der Waals surface area (Å²) in [5, 5.41) is 14.4. The summed E-state index contributed by atoms with van der Waals surface area (Å²) in [7, 11) is 0. The van der Waals surface area contributed by atoms with Crippen molar-refractivity contribution in [1.82, 2.24) is 29.5 Å². The van der Waals surface area contributed by atoms with Gasteiger partial charge in [-0.1, -0.05) is 0 Å². The maximum Gasteiger partial charge on any atom is 0.195 e. The molecule has 0 spiro atoms. The van der Waals surface area contributed by atoms with Gasteiger partial charge in [-0.05, 0) is 19.1 Å². The van der Waals surface area contributed by atoms with E-state index in [-0.39, 0.29) is 0 Å². The molecule has 0 amide bonds. The van der Waals surface area contributed by atoms with Gasteiger partial charge in [0.2, 0.25) is 0 Å². The molecule has 74 valence electrons. The van der Waals surface area contributed by atoms with E-state index < -0.39 is 0 Å². The molecule has 0 unspecified atom stereocenters. The molecule has 0 fully saturated rings. The number of aromatic nitrogens is 6. The SMILES string of the molecule is CCn1cnnc1Cn1cn[nH]c1=S. The van der Waals surface area contributed by atoms with E-state index in [2.05, 4.69) is 20.4 Å². The number of H-pyrrole nitrogens is 1. The number of nitrogens with one attached hydrogen (secondary N) is 1. The molecule has 0 bridgehead atoms. The molecule has 0 radical (unpaired) electrons. The molecule has 2 aromatic rings. The van der Waals surface area contributed by atoms with Crippen LogP contribution in [0, 0.1) is 4.77 Å². The van der Waals surface area contributed by atoms with Crippen LogP contribution >= 0.6 is 12.2 Å². The lowest BCUT2D eigenvalue weighted by molar-refractivity contribution is 0.646. The predicted molar refractivity (Wildman–Crippen MR) is 52.2 cm³/mol. The third kappa shape index (κ3) is 1.58. The van der Waals surface area contributed by atoms with Gasteiger partial charge in [0.05, 0.1) is 6.54 Å². The maximum atomic E-state index is 5.03. The predicted octanol–water partition coefficient (Wildman–Crippen LogP) is 0.600. The number of hydrogen-bond acceptors (Lipinski definition) is 4. The second-order valence-electron chi connectivity index (χ2n) is 2.82. The quantitative estimate of drug-likeness (QED) is 0.753. The van der Waals surface area contributed by atoms with E-state index in [0.717, 1.165) is 12.4 Å². The fourth-order valence-electron chi connectivity index (χ4n) is 1.20. The highest BCUT2D eigenvalue weighted by molar-refractivity contribution is 7.71. The van der Waals surface area contributed by atoms with Crippen molar-refractivity contribution in [2.45, 2.75) is 20.0 Å². The Morgan fingerprint density at radius 2 is 2.29 bits per heavy atom. The topological polar surface area (TPSA) is 64.3 Å². The monoisotopic (exact) mass is 210 g/mol. The summed E-state index contributed by atoms with van der Waals surface area (Å²) in [6.45, 7) is 3.50. The lowest BCUT2D eigenvalue weighted by atomic mass is 10.5. The Balaban J connectivity index is 2.27.